The van der Waals surface area contributed by atoms with Crippen molar-refractivity contribution in [3.63, 3.8) is 0 Å². The summed E-state index contributed by atoms with van der Waals surface area (Å²) in [5.74, 6) is -0.284. The van der Waals surface area contributed by atoms with Gasteiger partial charge in [-0.1, -0.05) is 180 Å². The van der Waals surface area contributed by atoms with Crippen LogP contribution in [0, 0.1) is 11.8 Å². The Morgan fingerprint density at radius 1 is 0.603 bits per heavy atom. The number of fused-ring (bicyclic) bond motifs is 1. The highest BCUT2D eigenvalue weighted by Gasteiger charge is 2.36. The number of amides is 3. The summed E-state index contributed by atoms with van der Waals surface area (Å²) in [6, 6.07) is 0. The minimum Gasteiger partial charge on any atom is -0.465 e. The molecule has 0 aliphatic carbocycles. The highest BCUT2D eigenvalue weighted by Crippen LogP contribution is 2.39. The molecule has 420 valence electrons. The van der Waals surface area contributed by atoms with Gasteiger partial charge in [-0.2, -0.15) is 0 Å². The molecule has 1 N–H and O–H groups in total. The van der Waals surface area contributed by atoms with Crippen LogP contribution in [0.2, 0.25) is 0 Å². The lowest BCUT2D eigenvalue weighted by Crippen LogP contribution is -2.36. The van der Waals surface area contributed by atoms with E-state index in [2.05, 4.69) is 37.9 Å². The maximum atomic E-state index is 14.0. The molecule has 11 nitrogen and oxygen atoms in total. The molecule has 1 aliphatic rings. The van der Waals surface area contributed by atoms with Crippen molar-refractivity contribution < 1.29 is 38.0 Å². The summed E-state index contributed by atoms with van der Waals surface area (Å²) in [5, 5.41) is 3.76. The predicted octanol–water partition coefficient (Wildman–Crippen LogP) is 15.2. The molecule has 1 atom stereocenters. The summed E-state index contributed by atoms with van der Waals surface area (Å²) in [7, 11) is 4.03. The average molecular weight is 1040 g/mol. The molecule has 1 aliphatic heterocycles. The van der Waals surface area contributed by atoms with Crippen molar-refractivity contribution in [1.29, 1.82) is 0 Å². The van der Waals surface area contributed by atoms with Gasteiger partial charge in [0.15, 0.2) is 6.21 Å². The molecular weight excluding hydrogens is 933 g/mol. The predicted molar refractivity (Wildman–Crippen MR) is 304 cm³/mol. The van der Waals surface area contributed by atoms with Crippen LogP contribution in [0.3, 0.4) is 0 Å². The van der Waals surface area contributed by atoms with E-state index in [1.54, 1.807) is 10.8 Å². The van der Waals surface area contributed by atoms with Gasteiger partial charge >= 0.3 is 17.8 Å². The van der Waals surface area contributed by atoms with Gasteiger partial charge < -0.3 is 24.6 Å². The number of rotatable bonds is 46. The van der Waals surface area contributed by atoms with Crippen molar-refractivity contribution in [2.24, 2.45) is 11.8 Å². The van der Waals surface area contributed by atoms with E-state index in [0.717, 1.165) is 100 Å². The van der Waals surface area contributed by atoms with Crippen molar-refractivity contribution in [1.82, 2.24) is 15.1 Å². The van der Waals surface area contributed by atoms with Crippen LogP contribution in [0.25, 0.3) is 0 Å². The first-order valence-electron chi connectivity index (χ1n) is 30.3. The largest absolute Gasteiger partial charge is 0.465 e. The first-order chi connectivity index (χ1) is 35.5. The van der Waals surface area contributed by atoms with Crippen molar-refractivity contribution in [3.05, 3.63) is 16.0 Å². The Labute approximate surface area is 450 Å². The molecule has 2 rings (SSSR count). The molecule has 2 heterocycles. The van der Waals surface area contributed by atoms with E-state index < -0.39 is 0 Å². The van der Waals surface area contributed by atoms with Crippen LogP contribution >= 0.6 is 11.3 Å². The second-order valence-corrected chi connectivity index (χ2v) is 22.6. The number of nitrogens with one attached hydrogen (secondary N) is 1. The van der Waals surface area contributed by atoms with E-state index in [1.165, 1.54) is 127 Å². The van der Waals surface area contributed by atoms with Gasteiger partial charge in [0.2, 0.25) is 5.91 Å². The SMILES string of the molecule is CC=[N+](C(=O)CCCCCOC(=O)C(CCCCCCCC)CCCCCCCC)c1sc2c(c1C(=O)NCCCN(C)C)CCN(C(=O)CCCCCOC(=O)C(CCCCCC)CCCCCCCC)C2. The lowest BCUT2D eigenvalue weighted by molar-refractivity contribution is -0.360. The molecule has 0 fully saturated rings. The Hall–Kier alpha value is -3.12. The Kier molecular flexibility index (Phi) is 38.9. The fourth-order valence-electron chi connectivity index (χ4n) is 10.1. The highest BCUT2D eigenvalue weighted by molar-refractivity contribution is 7.16. The van der Waals surface area contributed by atoms with Gasteiger partial charge in [-0.05, 0) is 103 Å². The standard InChI is InChI=1S/C61H108N4O7S/c1-8-13-17-21-24-30-39-51(38-29-20-16-11-4)60(69)71-48-35-27-33-42-55(66)64-47-44-53-54(50-64)73-59(57(53)58(68)62-45-37-46-63(6)7)65(12-5)56(67)43-34-28-36-49-72-61(70)52(40-31-25-22-18-14-9-2)41-32-26-23-19-15-10-3/h12,51-52H,8-11,13-50H2,1-7H3/p+1. The summed E-state index contributed by atoms with van der Waals surface area (Å²) in [5.41, 5.74) is 1.49. The van der Waals surface area contributed by atoms with Crippen LogP contribution in [0.5, 0.6) is 0 Å². The number of nitrogens with zero attached hydrogens (tertiary/aromatic N) is 3. The van der Waals surface area contributed by atoms with E-state index in [9.17, 15) is 24.0 Å². The summed E-state index contributed by atoms with van der Waals surface area (Å²) in [4.78, 5) is 73.0. The molecule has 0 radical (unpaired) electrons. The molecule has 73 heavy (non-hydrogen) atoms. The molecule has 0 bridgehead atoms. The van der Waals surface area contributed by atoms with Crippen molar-refractivity contribution in [2.45, 2.75) is 272 Å². The second kappa shape index (κ2) is 43.0. The van der Waals surface area contributed by atoms with Crippen LogP contribution in [0.1, 0.15) is 280 Å². The number of thiophene rings is 1. The normalized spacial score (nSPS) is 13.2. The maximum absolute atomic E-state index is 14.0. The fraction of sp³-hybridized carbons (Fsp3) is 0.836. The molecular formula is C61H109N4O7S+. The summed E-state index contributed by atoms with van der Waals surface area (Å²) in [6.07, 6.45) is 38.4. The molecule has 12 heteroatoms. The number of carbonyl (C=O) groups is 5. The third-order valence-corrected chi connectivity index (χ3v) is 16.0. The Morgan fingerprint density at radius 3 is 1.51 bits per heavy atom. The topological polar surface area (TPSA) is 125 Å². The smallest absolute Gasteiger partial charge is 0.393 e. The highest BCUT2D eigenvalue weighted by atomic mass is 32.1. The summed E-state index contributed by atoms with van der Waals surface area (Å²) in [6.45, 7) is 13.8. The van der Waals surface area contributed by atoms with E-state index in [4.69, 9.17) is 9.47 Å². The van der Waals surface area contributed by atoms with Crippen LogP contribution in [0.4, 0.5) is 5.00 Å². The number of hydrogen-bond donors (Lipinski definition) is 1. The third kappa shape index (κ3) is 29.1. The number of ether oxygens (including phenoxy) is 2. The summed E-state index contributed by atoms with van der Waals surface area (Å²) >= 11 is 1.45. The molecule has 0 aromatic carbocycles. The molecule has 1 aromatic heterocycles. The minimum atomic E-state index is -0.176. The quantitative estimate of drug-likeness (QED) is 0.0296. The average Bonchev–Trinajstić information content (AvgIpc) is 3.76. The van der Waals surface area contributed by atoms with Crippen LogP contribution in [-0.2, 0) is 41.6 Å². The first kappa shape index (κ1) is 66.0. The minimum absolute atomic E-state index is 0.00655. The van der Waals surface area contributed by atoms with Crippen molar-refractivity contribution in [3.8, 4) is 0 Å². The maximum Gasteiger partial charge on any atom is 0.393 e. The van der Waals surface area contributed by atoms with Crippen molar-refractivity contribution in [2.75, 3.05) is 46.9 Å². The molecule has 1 unspecified atom stereocenters. The zero-order valence-corrected chi connectivity index (χ0v) is 48.9. The van der Waals surface area contributed by atoms with Gasteiger partial charge in [0.25, 0.3) is 10.9 Å². The van der Waals surface area contributed by atoms with Crippen LogP contribution < -0.4 is 5.32 Å². The number of hydrogen-bond acceptors (Lipinski definition) is 9. The molecule has 0 spiro atoms. The van der Waals surface area contributed by atoms with E-state index in [-0.39, 0.29) is 41.5 Å². The Morgan fingerprint density at radius 2 is 1.04 bits per heavy atom. The molecule has 3 amide bonds. The van der Waals surface area contributed by atoms with Crippen LogP contribution in [-0.4, -0.2) is 97.2 Å². The fourth-order valence-corrected chi connectivity index (χ4v) is 11.5. The summed E-state index contributed by atoms with van der Waals surface area (Å²) < 4.78 is 13.3. The van der Waals surface area contributed by atoms with Gasteiger partial charge in [0, 0.05) is 31.3 Å². The van der Waals surface area contributed by atoms with Gasteiger partial charge in [-0.3, -0.25) is 19.2 Å². The Balaban J connectivity index is 1.97. The Bertz CT molecular complexity index is 1660. The second-order valence-electron chi connectivity index (χ2n) is 21.6. The lowest BCUT2D eigenvalue weighted by atomic mass is 9.94. The lowest BCUT2D eigenvalue weighted by Gasteiger charge is -2.27. The number of esters is 2. The van der Waals surface area contributed by atoms with Gasteiger partial charge in [0.05, 0.1) is 38.0 Å². The molecule has 0 saturated carbocycles. The zero-order valence-electron chi connectivity index (χ0n) is 48.0. The van der Waals surface area contributed by atoms with Crippen molar-refractivity contribution >= 4 is 52.2 Å². The molecule has 1 aromatic rings. The number of unbranched alkanes of at least 4 members (excludes halogenated alkanes) is 22. The first-order valence-corrected chi connectivity index (χ1v) is 31.1. The van der Waals surface area contributed by atoms with E-state index >= 15 is 0 Å². The van der Waals surface area contributed by atoms with Gasteiger partial charge in [-0.15, -0.1) is 4.58 Å². The monoisotopic (exact) mass is 1040 g/mol. The third-order valence-electron chi connectivity index (χ3n) is 14.8. The zero-order chi connectivity index (χ0) is 53.3. The van der Waals surface area contributed by atoms with Gasteiger partial charge in [-0.25, -0.2) is 4.79 Å². The van der Waals surface area contributed by atoms with Crippen LogP contribution in [0.15, 0.2) is 0 Å². The number of carbonyl (C=O) groups excluding carboxylic acids is 5. The molecule has 0 saturated heterocycles. The van der Waals surface area contributed by atoms with E-state index in [0.29, 0.717) is 75.5 Å². The van der Waals surface area contributed by atoms with E-state index in [1.807, 2.05) is 25.9 Å². The van der Waals surface area contributed by atoms with Gasteiger partial charge in [0.1, 0.15) is 5.56 Å².